The Morgan fingerprint density at radius 2 is 1.95 bits per heavy atom. The molecule has 2 N–H and O–H groups in total. The van der Waals surface area contributed by atoms with Gasteiger partial charge in [-0.25, -0.2) is 4.98 Å². The lowest BCUT2D eigenvalue weighted by molar-refractivity contribution is 0.443. The zero-order valence-electron chi connectivity index (χ0n) is 11.6. The molecule has 0 aliphatic carbocycles. The van der Waals surface area contributed by atoms with Crippen LogP contribution in [0.4, 0.5) is 0 Å². The molecule has 3 aromatic rings. The van der Waals surface area contributed by atoms with Crippen LogP contribution in [0, 0.1) is 0 Å². The monoisotopic (exact) mass is 281 g/mol. The molecule has 0 aliphatic heterocycles. The number of nitrogens with zero attached hydrogens (tertiary/aromatic N) is 2. The molecule has 0 bridgehead atoms. The summed E-state index contributed by atoms with van der Waals surface area (Å²) in [5.74, 6) is 0.0636. The summed E-state index contributed by atoms with van der Waals surface area (Å²) in [4.78, 5) is 23.2. The second-order valence-electron chi connectivity index (χ2n) is 4.86. The molecule has 106 valence electrons. The highest BCUT2D eigenvalue weighted by Gasteiger charge is 2.12. The number of aromatic amines is 1. The van der Waals surface area contributed by atoms with E-state index in [1.165, 1.54) is 0 Å². The Balaban J connectivity index is 2.12. The van der Waals surface area contributed by atoms with Crippen LogP contribution in [-0.4, -0.2) is 20.1 Å². The van der Waals surface area contributed by atoms with Crippen molar-refractivity contribution in [2.75, 3.05) is 0 Å². The van der Waals surface area contributed by atoms with E-state index in [1.807, 2.05) is 37.3 Å². The van der Waals surface area contributed by atoms with E-state index in [0.717, 1.165) is 17.3 Å². The Hall–Kier alpha value is -2.69. The Morgan fingerprint density at radius 1 is 1.14 bits per heavy atom. The van der Waals surface area contributed by atoms with Gasteiger partial charge in [0.05, 0.1) is 11.1 Å². The van der Waals surface area contributed by atoms with Gasteiger partial charge in [0, 0.05) is 5.39 Å². The summed E-state index contributed by atoms with van der Waals surface area (Å²) in [6.45, 7) is 1.94. The molecule has 0 amide bonds. The number of hydrogen-bond acceptors (Lipinski definition) is 4. The number of rotatable bonds is 3. The van der Waals surface area contributed by atoms with Gasteiger partial charge in [-0.2, -0.15) is 4.98 Å². The second kappa shape index (κ2) is 5.36. The van der Waals surface area contributed by atoms with Crippen molar-refractivity contribution in [1.82, 2.24) is 15.0 Å². The minimum Gasteiger partial charge on any atom is -0.493 e. The number of fused-ring (bicyclic) bond motifs is 1. The minimum atomic E-state index is -0.311. The molecule has 1 aromatic carbocycles. The molecule has 0 atom stereocenters. The average molecular weight is 281 g/mol. The van der Waals surface area contributed by atoms with Crippen LogP contribution >= 0.6 is 0 Å². The van der Waals surface area contributed by atoms with Crippen LogP contribution in [0.3, 0.4) is 0 Å². The van der Waals surface area contributed by atoms with Gasteiger partial charge in [-0.15, -0.1) is 0 Å². The lowest BCUT2D eigenvalue weighted by Gasteiger charge is -2.05. The summed E-state index contributed by atoms with van der Waals surface area (Å²) in [6.07, 6.45) is 1.27. The Kier molecular flexibility index (Phi) is 3.39. The van der Waals surface area contributed by atoms with Gasteiger partial charge in [0.15, 0.2) is 5.82 Å². The van der Waals surface area contributed by atoms with Crippen LogP contribution in [-0.2, 0) is 6.42 Å². The van der Waals surface area contributed by atoms with E-state index >= 15 is 0 Å². The summed E-state index contributed by atoms with van der Waals surface area (Å²) < 4.78 is 0. The van der Waals surface area contributed by atoms with Crippen molar-refractivity contribution < 1.29 is 5.11 Å². The van der Waals surface area contributed by atoms with Crippen molar-refractivity contribution in [3.05, 3.63) is 52.3 Å². The van der Waals surface area contributed by atoms with E-state index in [0.29, 0.717) is 17.7 Å². The van der Waals surface area contributed by atoms with Gasteiger partial charge >= 0.3 is 0 Å². The topological polar surface area (TPSA) is 78.9 Å². The number of aromatic hydroxyl groups is 1. The highest BCUT2D eigenvalue weighted by molar-refractivity contribution is 5.80. The molecule has 2 aromatic heterocycles. The number of benzene rings is 1. The third-order valence-electron chi connectivity index (χ3n) is 3.33. The van der Waals surface area contributed by atoms with E-state index in [-0.39, 0.29) is 17.3 Å². The fourth-order valence-corrected chi connectivity index (χ4v) is 2.28. The van der Waals surface area contributed by atoms with Crippen molar-refractivity contribution in [2.24, 2.45) is 0 Å². The van der Waals surface area contributed by atoms with Crippen molar-refractivity contribution in [2.45, 2.75) is 19.8 Å². The zero-order chi connectivity index (χ0) is 14.8. The van der Waals surface area contributed by atoms with Gasteiger partial charge in [-0.05, 0) is 18.6 Å². The maximum absolute atomic E-state index is 12.0. The molecule has 0 saturated carbocycles. The van der Waals surface area contributed by atoms with Crippen LogP contribution in [0.25, 0.3) is 22.4 Å². The van der Waals surface area contributed by atoms with Crippen molar-refractivity contribution in [1.29, 1.82) is 0 Å². The molecule has 3 rings (SSSR count). The largest absolute Gasteiger partial charge is 0.493 e. The molecular weight excluding hydrogens is 266 g/mol. The molecular formula is C16H15N3O2. The van der Waals surface area contributed by atoms with Crippen LogP contribution in [0.5, 0.6) is 5.88 Å². The summed E-state index contributed by atoms with van der Waals surface area (Å²) in [6, 6.07) is 11.4. The molecule has 0 radical (unpaired) electrons. The highest BCUT2D eigenvalue weighted by atomic mass is 16.3. The van der Waals surface area contributed by atoms with Crippen molar-refractivity contribution >= 4 is 10.9 Å². The molecule has 0 unspecified atom stereocenters. The summed E-state index contributed by atoms with van der Waals surface area (Å²) in [5.41, 5.74) is 1.36. The van der Waals surface area contributed by atoms with Crippen LogP contribution in [0.1, 0.15) is 18.9 Å². The average Bonchev–Trinajstić information content (AvgIpc) is 2.50. The number of H-pyrrole nitrogens is 1. The van der Waals surface area contributed by atoms with Crippen LogP contribution < -0.4 is 5.56 Å². The predicted molar refractivity (Wildman–Crippen MR) is 81.3 cm³/mol. The third-order valence-corrected chi connectivity index (χ3v) is 3.33. The number of pyridine rings is 1. The summed E-state index contributed by atoms with van der Waals surface area (Å²) in [7, 11) is 0. The zero-order valence-corrected chi connectivity index (χ0v) is 11.6. The summed E-state index contributed by atoms with van der Waals surface area (Å²) >= 11 is 0. The normalized spacial score (nSPS) is 10.9. The van der Waals surface area contributed by atoms with Gasteiger partial charge in [-0.1, -0.05) is 37.6 Å². The third kappa shape index (κ3) is 2.50. The van der Waals surface area contributed by atoms with Gasteiger partial charge in [0.2, 0.25) is 5.88 Å². The second-order valence-corrected chi connectivity index (χ2v) is 4.86. The molecule has 2 heterocycles. The number of hydrogen-bond donors (Lipinski definition) is 2. The van der Waals surface area contributed by atoms with Crippen molar-refractivity contribution in [3.8, 4) is 17.4 Å². The summed E-state index contributed by atoms with van der Waals surface area (Å²) in [5, 5.41) is 10.9. The van der Waals surface area contributed by atoms with Crippen molar-refractivity contribution in [3.63, 3.8) is 0 Å². The van der Waals surface area contributed by atoms with Gasteiger partial charge in [0.25, 0.3) is 5.56 Å². The molecule has 21 heavy (non-hydrogen) atoms. The molecule has 5 heteroatoms. The highest BCUT2D eigenvalue weighted by Crippen LogP contribution is 2.20. The Bertz CT molecular complexity index is 856. The van der Waals surface area contributed by atoms with E-state index < -0.39 is 0 Å². The van der Waals surface area contributed by atoms with E-state index in [2.05, 4.69) is 15.0 Å². The first-order valence-corrected chi connectivity index (χ1v) is 6.87. The fraction of sp³-hybridized carbons (Fsp3) is 0.188. The number of aromatic nitrogens is 3. The first-order chi connectivity index (χ1) is 10.2. The molecule has 0 fully saturated rings. The van der Waals surface area contributed by atoms with E-state index in [1.54, 1.807) is 6.07 Å². The molecule has 0 spiro atoms. The van der Waals surface area contributed by atoms with Gasteiger partial charge in [0.1, 0.15) is 5.69 Å². The predicted octanol–water partition coefficient (Wildman–Crippen LogP) is 2.64. The molecule has 0 saturated heterocycles. The molecule has 5 nitrogen and oxygen atoms in total. The standard InChI is InChI=1S/C16H15N3O2/c1-2-5-11-15(20)18-14(19-16(11)21)13-9-8-10-6-3-4-7-12(10)17-13/h3-4,6-9H,2,5H2,1H3,(H2,18,19,20,21). The van der Waals surface area contributed by atoms with Crippen LogP contribution in [0.2, 0.25) is 0 Å². The Morgan fingerprint density at radius 3 is 2.71 bits per heavy atom. The number of nitrogens with one attached hydrogen (secondary N) is 1. The van der Waals surface area contributed by atoms with E-state index in [4.69, 9.17) is 0 Å². The maximum atomic E-state index is 12.0. The maximum Gasteiger partial charge on any atom is 0.258 e. The quantitative estimate of drug-likeness (QED) is 0.773. The van der Waals surface area contributed by atoms with Gasteiger partial charge in [-0.3, -0.25) is 4.79 Å². The van der Waals surface area contributed by atoms with Crippen LogP contribution in [0.15, 0.2) is 41.2 Å². The lowest BCUT2D eigenvalue weighted by Crippen LogP contribution is -2.15. The lowest BCUT2D eigenvalue weighted by atomic mass is 10.2. The molecule has 0 aliphatic rings. The Labute approximate surface area is 121 Å². The van der Waals surface area contributed by atoms with E-state index in [9.17, 15) is 9.90 Å². The fourth-order valence-electron chi connectivity index (χ4n) is 2.28. The van der Waals surface area contributed by atoms with Gasteiger partial charge < -0.3 is 10.1 Å². The minimum absolute atomic E-state index is 0.217. The SMILES string of the molecule is CCCc1c(O)nc(-c2ccc3ccccc3n2)[nH]c1=O. The smallest absolute Gasteiger partial charge is 0.258 e. The number of para-hydroxylation sites is 1. The first kappa shape index (κ1) is 13.3. The first-order valence-electron chi connectivity index (χ1n) is 6.87.